The summed E-state index contributed by atoms with van der Waals surface area (Å²) in [5.74, 6) is 0.409. The van der Waals surface area contributed by atoms with Gasteiger partial charge in [-0.25, -0.2) is 27.8 Å². The average molecular weight is 551 g/mol. The maximum Gasteiger partial charge on any atom is 0.262 e. The lowest BCUT2D eigenvalue weighted by Gasteiger charge is -2.46. The Morgan fingerprint density at radius 3 is 2.46 bits per heavy atom. The summed E-state index contributed by atoms with van der Waals surface area (Å²) in [6.45, 7) is 2.20. The summed E-state index contributed by atoms with van der Waals surface area (Å²) in [7, 11) is -2.11. The second-order valence-electron chi connectivity index (χ2n) is 8.85. The van der Waals surface area contributed by atoms with Crippen LogP contribution in [0.1, 0.15) is 0 Å². The minimum Gasteiger partial charge on any atom is -0.489 e. The Morgan fingerprint density at radius 2 is 1.84 bits per heavy atom. The number of halogens is 2. The van der Waals surface area contributed by atoms with E-state index in [0.717, 1.165) is 12.3 Å². The first-order chi connectivity index (χ1) is 17.7. The van der Waals surface area contributed by atoms with Crippen molar-refractivity contribution in [3.8, 4) is 11.6 Å². The van der Waals surface area contributed by atoms with E-state index < -0.39 is 15.7 Å². The third-order valence-electron chi connectivity index (χ3n) is 6.24. The van der Waals surface area contributed by atoms with Crippen LogP contribution < -0.4 is 19.7 Å². The zero-order valence-corrected chi connectivity index (χ0v) is 21.5. The molecular formula is C23H24ClFN6O5S. The monoisotopic (exact) mass is 550 g/mol. The Labute approximate surface area is 217 Å². The largest absolute Gasteiger partial charge is 0.489 e. The molecule has 0 saturated carbocycles. The van der Waals surface area contributed by atoms with Crippen molar-refractivity contribution in [2.45, 2.75) is 11.0 Å². The third kappa shape index (κ3) is 5.38. The summed E-state index contributed by atoms with van der Waals surface area (Å²) in [5, 5.41) is 3.31. The van der Waals surface area contributed by atoms with Crippen LogP contribution in [-0.4, -0.2) is 74.1 Å². The van der Waals surface area contributed by atoms with Gasteiger partial charge in [0, 0.05) is 31.2 Å². The van der Waals surface area contributed by atoms with Gasteiger partial charge in [-0.15, -0.1) is 0 Å². The quantitative estimate of drug-likeness (QED) is 0.466. The van der Waals surface area contributed by atoms with Crippen LogP contribution in [0, 0.1) is 17.7 Å². The molecule has 2 unspecified atom stereocenters. The van der Waals surface area contributed by atoms with Gasteiger partial charge in [-0.05, 0) is 18.2 Å². The number of piperidine rings is 1. The molecule has 0 spiro atoms. The number of fused-ring (bicyclic) bond motifs is 2. The molecule has 2 saturated heterocycles. The number of nitrogens with zero attached hydrogens (tertiary/aromatic N) is 5. The minimum absolute atomic E-state index is 0.00356. The van der Waals surface area contributed by atoms with E-state index in [9.17, 15) is 12.8 Å². The normalized spacial score (nSPS) is 21.4. The summed E-state index contributed by atoms with van der Waals surface area (Å²) in [6, 6.07) is 3.58. The molecule has 11 nitrogen and oxygen atoms in total. The number of sulfone groups is 1. The first-order valence-electron chi connectivity index (χ1n) is 11.4. The van der Waals surface area contributed by atoms with Crippen molar-refractivity contribution in [1.29, 1.82) is 0 Å². The van der Waals surface area contributed by atoms with Gasteiger partial charge in [-0.3, -0.25) is 0 Å². The molecule has 2 fully saturated rings. The van der Waals surface area contributed by atoms with E-state index >= 15 is 0 Å². The lowest BCUT2D eigenvalue weighted by Crippen LogP contribution is -2.58. The number of aromatic nitrogens is 4. The molecule has 2 aliphatic rings. The SMILES string of the molecule is COc1c(Nc2ccc(S(C)(=O)=O)cc2F)ncnc1OC1C2COCC1CN(c1ncc(Cl)cn1)C2. The molecule has 0 aliphatic carbocycles. The predicted octanol–water partition coefficient (Wildman–Crippen LogP) is 2.75. The van der Waals surface area contributed by atoms with Crippen molar-refractivity contribution in [2.24, 2.45) is 11.8 Å². The molecule has 2 aliphatic heterocycles. The van der Waals surface area contributed by atoms with E-state index in [-0.39, 0.29) is 46.0 Å². The van der Waals surface area contributed by atoms with Crippen molar-refractivity contribution in [3.05, 3.63) is 47.8 Å². The number of nitrogens with one attached hydrogen (secondary N) is 1. The van der Waals surface area contributed by atoms with E-state index in [1.807, 2.05) is 0 Å². The predicted molar refractivity (Wildman–Crippen MR) is 133 cm³/mol. The fourth-order valence-corrected chi connectivity index (χ4v) is 5.25. The van der Waals surface area contributed by atoms with Crippen LogP contribution >= 0.6 is 11.6 Å². The third-order valence-corrected chi connectivity index (χ3v) is 7.54. The topological polar surface area (TPSA) is 129 Å². The Morgan fingerprint density at radius 1 is 1.14 bits per heavy atom. The van der Waals surface area contributed by atoms with Gasteiger partial charge in [0.25, 0.3) is 5.88 Å². The molecular weight excluding hydrogens is 527 g/mol. The summed E-state index contributed by atoms with van der Waals surface area (Å²) >= 11 is 5.93. The van der Waals surface area contributed by atoms with Crippen molar-refractivity contribution < 1.29 is 27.0 Å². The van der Waals surface area contributed by atoms with E-state index in [2.05, 4.69) is 30.2 Å². The van der Waals surface area contributed by atoms with Crippen LogP contribution in [0.3, 0.4) is 0 Å². The summed E-state index contributed by atoms with van der Waals surface area (Å²) in [6.07, 6.45) is 5.21. The molecule has 2 bridgehead atoms. The van der Waals surface area contributed by atoms with Crippen LogP contribution in [0.2, 0.25) is 5.02 Å². The van der Waals surface area contributed by atoms with Crippen LogP contribution in [0.25, 0.3) is 0 Å². The molecule has 5 rings (SSSR count). The maximum atomic E-state index is 14.7. The average Bonchev–Trinajstić information content (AvgIpc) is 2.85. The number of benzene rings is 1. The number of methoxy groups -OCH3 is 1. The molecule has 0 amide bonds. The number of rotatable bonds is 7. The van der Waals surface area contributed by atoms with Crippen molar-refractivity contribution >= 4 is 38.9 Å². The molecule has 3 aromatic rings. The first-order valence-corrected chi connectivity index (χ1v) is 13.6. The van der Waals surface area contributed by atoms with Crippen molar-refractivity contribution in [1.82, 2.24) is 19.9 Å². The van der Waals surface area contributed by atoms with Crippen LogP contribution in [0.4, 0.5) is 21.8 Å². The first kappa shape index (κ1) is 25.4. The highest BCUT2D eigenvalue weighted by Gasteiger charge is 2.43. The highest BCUT2D eigenvalue weighted by molar-refractivity contribution is 7.90. The summed E-state index contributed by atoms with van der Waals surface area (Å²) in [4.78, 5) is 19.1. The molecule has 196 valence electrons. The van der Waals surface area contributed by atoms with Gasteiger partial charge in [0.05, 0.1) is 48.3 Å². The molecule has 37 heavy (non-hydrogen) atoms. The number of anilines is 3. The highest BCUT2D eigenvalue weighted by Crippen LogP contribution is 2.38. The molecule has 0 radical (unpaired) electrons. The lowest BCUT2D eigenvalue weighted by atomic mass is 9.84. The summed E-state index contributed by atoms with van der Waals surface area (Å²) in [5.41, 5.74) is 0.0249. The van der Waals surface area contributed by atoms with Crippen molar-refractivity contribution in [3.63, 3.8) is 0 Å². The fourth-order valence-electron chi connectivity index (χ4n) is 4.52. The molecule has 1 aromatic carbocycles. The molecule has 14 heteroatoms. The van der Waals surface area contributed by atoms with Crippen molar-refractivity contribution in [2.75, 3.05) is 49.9 Å². The number of hydrogen-bond donors (Lipinski definition) is 1. The zero-order chi connectivity index (χ0) is 26.2. The van der Waals surface area contributed by atoms with Gasteiger partial charge < -0.3 is 24.4 Å². The van der Waals surface area contributed by atoms with Crippen LogP contribution in [-0.2, 0) is 14.6 Å². The molecule has 2 atom stereocenters. The Bertz CT molecular complexity index is 1380. The fraction of sp³-hybridized carbons (Fsp3) is 0.391. The Hall–Kier alpha value is -3.29. The molecule has 4 heterocycles. The second-order valence-corrected chi connectivity index (χ2v) is 11.3. The minimum atomic E-state index is -3.55. The zero-order valence-electron chi connectivity index (χ0n) is 20.0. The van der Waals surface area contributed by atoms with Gasteiger partial charge in [0.15, 0.2) is 15.7 Å². The van der Waals surface area contributed by atoms with E-state index in [1.54, 1.807) is 12.4 Å². The Kier molecular flexibility index (Phi) is 7.01. The Balaban J connectivity index is 1.36. The van der Waals surface area contributed by atoms with Crippen LogP contribution in [0.5, 0.6) is 11.6 Å². The molecule has 2 aromatic heterocycles. The van der Waals surface area contributed by atoms with E-state index in [1.165, 1.54) is 25.6 Å². The highest BCUT2D eigenvalue weighted by atomic mass is 35.5. The second kappa shape index (κ2) is 10.2. The standard InChI is InChI=1S/C23H24ClFN6O5S/c1-34-20-21(30-18-4-3-16(5-17(18)25)37(2,32)33)28-12-29-22(20)36-19-13-8-31(9-14(19)11-35-10-13)23-26-6-15(24)7-27-23/h3-7,12-14,19H,8-11H2,1-2H3,(H,28,29,30). The van der Waals surface area contributed by atoms with Gasteiger partial charge >= 0.3 is 0 Å². The van der Waals surface area contributed by atoms with E-state index in [4.69, 9.17) is 25.8 Å². The van der Waals surface area contributed by atoms with E-state index in [0.29, 0.717) is 37.3 Å². The smallest absolute Gasteiger partial charge is 0.262 e. The maximum absolute atomic E-state index is 14.7. The van der Waals surface area contributed by atoms with Gasteiger partial charge in [-0.2, -0.15) is 4.98 Å². The van der Waals surface area contributed by atoms with Gasteiger partial charge in [-0.1, -0.05) is 11.6 Å². The lowest BCUT2D eigenvalue weighted by molar-refractivity contribution is -0.0775. The van der Waals surface area contributed by atoms with Gasteiger partial charge in [0.1, 0.15) is 18.2 Å². The summed E-state index contributed by atoms with van der Waals surface area (Å²) < 4.78 is 55.8. The number of ether oxygens (including phenoxy) is 3. The van der Waals surface area contributed by atoms with Crippen LogP contribution in [0.15, 0.2) is 41.8 Å². The van der Waals surface area contributed by atoms with Gasteiger partial charge in [0.2, 0.25) is 11.7 Å². The number of hydrogen-bond acceptors (Lipinski definition) is 11. The molecule has 1 N–H and O–H groups in total.